The monoisotopic (exact) mass is 392 g/mol. The van der Waals surface area contributed by atoms with Gasteiger partial charge in [-0.2, -0.15) is 0 Å². The van der Waals surface area contributed by atoms with Crippen molar-refractivity contribution in [3.8, 4) is 5.75 Å². The van der Waals surface area contributed by atoms with Crippen LogP contribution in [0.15, 0.2) is 48.5 Å². The van der Waals surface area contributed by atoms with Gasteiger partial charge < -0.3 is 10.1 Å². The van der Waals surface area contributed by atoms with Crippen molar-refractivity contribution in [3.63, 3.8) is 0 Å². The number of rotatable bonds is 7. The number of imide groups is 1. The van der Waals surface area contributed by atoms with Crippen LogP contribution in [0.1, 0.15) is 59.2 Å². The van der Waals surface area contributed by atoms with E-state index in [0.717, 1.165) is 18.6 Å². The molecule has 4 rings (SSSR count). The highest BCUT2D eigenvalue weighted by Gasteiger charge is 2.34. The number of nitrogens with zero attached hydrogens (tertiary/aromatic N) is 1. The van der Waals surface area contributed by atoms with Crippen molar-refractivity contribution in [3.05, 3.63) is 59.7 Å². The van der Waals surface area contributed by atoms with Gasteiger partial charge in [-0.05, 0) is 56.4 Å². The first-order chi connectivity index (χ1) is 14.1. The highest BCUT2D eigenvalue weighted by molar-refractivity contribution is 6.21. The van der Waals surface area contributed by atoms with Crippen molar-refractivity contribution in [1.82, 2.24) is 4.90 Å². The van der Waals surface area contributed by atoms with Crippen LogP contribution >= 0.6 is 0 Å². The van der Waals surface area contributed by atoms with E-state index in [1.165, 1.54) is 17.7 Å². The van der Waals surface area contributed by atoms with Crippen molar-refractivity contribution in [2.75, 3.05) is 11.9 Å². The van der Waals surface area contributed by atoms with Crippen molar-refractivity contribution in [2.24, 2.45) is 0 Å². The van der Waals surface area contributed by atoms with E-state index >= 15 is 0 Å². The highest BCUT2D eigenvalue weighted by atomic mass is 16.5. The van der Waals surface area contributed by atoms with E-state index in [9.17, 15) is 14.4 Å². The standard InChI is InChI=1S/C23H24N2O4/c26-21(24-16-7-5-10-18(15-16)29-17-8-1-2-9-17)13-6-14-25-22(27)19-11-3-4-12-20(19)23(25)28/h3-5,7,10-12,15,17H,1-2,6,8-9,13-14H2,(H,24,26). The summed E-state index contributed by atoms with van der Waals surface area (Å²) in [7, 11) is 0. The minimum Gasteiger partial charge on any atom is -0.490 e. The Morgan fingerprint density at radius 1 is 1.00 bits per heavy atom. The molecule has 6 nitrogen and oxygen atoms in total. The van der Waals surface area contributed by atoms with Gasteiger partial charge in [0.1, 0.15) is 5.75 Å². The Morgan fingerprint density at radius 2 is 1.69 bits per heavy atom. The minimum absolute atomic E-state index is 0.153. The lowest BCUT2D eigenvalue weighted by molar-refractivity contribution is -0.116. The third-order valence-corrected chi connectivity index (χ3v) is 5.39. The van der Waals surface area contributed by atoms with Crippen LogP contribution in [0.3, 0.4) is 0 Å². The van der Waals surface area contributed by atoms with Crippen LogP contribution in [0, 0.1) is 0 Å². The second-order valence-electron chi connectivity index (χ2n) is 7.51. The summed E-state index contributed by atoms with van der Waals surface area (Å²) in [6.07, 6.45) is 5.46. The van der Waals surface area contributed by atoms with E-state index in [1.54, 1.807) is 24.3 Å². The molecule has 0 atom stereocenters. The van der Waals surface area contributed by atoms with Gasteiger partial charge in [-0.1, -0.05) is 18.2 Å². The van der Waals surface area contributed by atoms with Gasteiger partial charge >= 0.3 is 0 Å². The van der Waals surface area contributed by atoms with Gasteiger partial charge in [0, 0.05) is 24.7 Å². The van der Waals surface area contributed by atoms with Gasteiger partial charge in [0.05, 0.1) is 17.2 Å². The molecule has 2 aromatic carbocycles. The lowest BCUT2D eigenvalue weighted by Gasteiger charge is -2.15. The van der Waals surface area contributed by atoms with Crippen LogP contribution in [-0.2, 0) is 4.79 Å². The van der Waals surface area contributed by atoms with Crippen molar-refractivity contribution < 1.29 is 19.1 Å². The maximum atomic E-state index is 12.3. The normalized spacial score (nSPS) is 16.2. The molecule has 0 radical (unpaired) electrons. The number of hydrogen-bond donors (Lipinski definition) is 1. The fourth-order valence-electron chi connectivity index (χ4n) is 3.91. The van der Waals surface area contributed by atoms with Gasteiger partial charge in [0.25, 0.3) is 11.8 Å². The van der Waals surface area contributed by atoms with Crippen LogP contribution < -0.4 is 10.1 Å². The molecular formula is C23H24N2O4. The minimum atomic E-state index is -0.289. The molecule has 2 aromatic rings. The number of amides is 3. The highest BCUT2D eigenvalue weighted by Crippen LogP contribution is 2.26. The topological polar surface area (TPSA) is 75.7 Å². The number of carbonyl (C=O) groups excluding carboxylic acids is 3. The molecule has 1 N–H and O–H groups in total. The molecule has 0 aromatic heterocycles. The van der Waals surface area contributed by atoms with Crippen molar-refractivity contribution in [2.45, 2.75) is 44.6 Å². The van der Waals surface area contributed by atoms with E-state index < -0.39 is 0 Å². The van der Waals surface area contributed by atoms with Crippen molar-refractivity contribution >= 4 is 23.4 Å². The molecule has 150 valence electrons. The Kier molecular flexibility index (Phi) is 5.60. The van der Waals surface area contributed by atoms with Gasteiger partial charge in [-0.3, -0.25) is 19.3 Å². The molecule has 0 saturated heterocycles. The summed E-state index contributed by atoms with van der Waals surface area (Å²) >= 11 is 0. The first-order valence-electron chi connectivity index (χ1n) is 10.1. The molecule has 0 unspecified atom stereocenters. The van der Waals surface area contributed by atoms with E-state index in [0.29, 0.717) is 23.2 Å². The van der Waals surface area contributed by atoms with Crippen LogP contribution in [0.5, 0.6) is 5.75 Å². The summed E-state index contributed by atoms with van der Waals surface area (Å²) in [6, 6.07) is 14.2. The zero-order valence-electron chi connectivity index (χ0n) is 16.2. The fourth-order valence-corrected chi connectivity index (χ4v) is 3.91. The lowest BCUT2D eigenvalue weighted by atomic mass is 10.1. The largest absolute Gasteiger partial charge is 0.490 e. The molecule has 0 spiro atoms. The molecule has 1 aliphatic heterocycles. The quantitative estimate of drug-likeness (QED) is 0.722. The number of benzene rings is 2. The summed E-state index contributed by atoms with van der Waals surface area (Å²) < 4.78 is 5.97. The molecule has 2 aliphatic rings. The number of carbonyl (C=O) groups is 3. The second-order valence-corrected chi connectivity index (χ2v) is 7.51. The number of fused-ring (bicyclic) bond motifs is 1. The zero-order chi connectivity index (χ0) is 20.2. The predicted molar refractivity (Wildman–Crippen MR) is 109 cm³/mol. The molecule has 3 amide bonds. The fraction of sp³-hybridized carbons (Fsp3) is 0.348. The van der Waals surface area contributed by atoms with E-state index in [2.05, 4.69) is 5.32 Å². The van der Waals surface area contributed by atoms with E-state index in [4.69, 9.17) is 4.74 Å². The summed E-state index contributed by atoms with van der Waals surface area (Å²) in [5, 5.41) is 2.86. The first-order valence-corrected chi connectivity index (χ1v) is 10.1. The van der Waals surface area contributed by atoms with E-state index in [-0.39, 0.29) is 36.8 Å². The first kappa shape index (κ1) is 19.2. The third kappa shape index (κ3) is 4.31. The summed E-state index contributed by atoms with van der Waals surface area (Å²) in [5.41, 5.74) is 1.55. The van der Waals surface area contributed by atoms with Gasteiger partial charge in [-0.25, -0.2) is 0 Å². The number of ether oxygens (including phenoxy) is 1. The molecule has 0 bridgehead atoms. The number of anilines is 1. The second kappa shape index (κ2) is 8.47. The van der Waals surface area contributed by atoms with Gasteiger partial charge in [0.2, 0.25) is 5.91 Å². The zero-order valence-corrected chi connectivity index (χ0v) is 16.2. The maximum absolute atomic E-state index is 12.3. The van der Waals surface area contributed by atoms with Crippen molar-refractivity contribution in [1.29, 1.82) is 0 Å². The lowest BCUT2D eigenvalue weighted by Crippen LogP contribution is -2.31. The summed E-state index contributed by atoms with van der Waals surface area (Å²) in [5.74, 6) is 0.0332. The summed E-state index contributed by atoms with van der Waals surface area (Å²) in [4.78, 5) is 38.2. The van der Waals surface area contributed by atoms with Crippen LogP contribution in [0.2, 0.25) is 0 Å². The Balaban J connectivity index is 1.27. The van der Waals surface area contributed by atoms with Gasteiger partial charge in [0.15, 0.2) is 0 Å². The van der Waals surface area contributed by atoms with Crippen LogP contribution in [0.25, 0.3) is 0 Å². The smallest absolute Gasteiger partial charge is 0.261 e. The predicted octanol–water partition coefficient (Wildman–Crippen LogP) is 4.02. The average molecular weight is 392 g/mol. The Morgan fingerprint density at radius 3 is 2.38 bits per heavy atom. The third-order valence-electron chi connectivity index (χ3n) is 5.39. The molecule has 1 fully saturated rings. The molecule has 1 saturated carbocycles. The van der Waals surface area contributed by atoms with E-state index in [1.807, 2.05) is 24.3 Å². The average Bonchev–Trinajstić information content (AvgIpc) is 3.31. The Hall–Kier alpha value is -3.15. The molecular weight excluding hydrogens is 368 g/mol. The molecule has 6 heteroatoms. The Labute approximate surface area is 169 Å². The number of hydrogen-bond acceptors (Lipinski definition) is 4. The maximum Gasteiger partial charge on any atom is 0.261 e. The number of nitrogens with one attached hydrogen (secondary N) is 1. The summed E-state index contributed by atoms with van der Waals surface area (Å²) in [6.45, 7) is 0.227. The molecule has 29 heavy (non-hydrogen) atoms. The SMILES string of the molecule is O=C(CCCN1C(=O)c2ccccc2C1=O)Nc1cccc(OC2CCCC2)c1. The van der Waals surface area contributed by atoms with Crippen LogP contribution in [0.4, 0.5) is 5.69 Å². The molecule has 1 heterocycles. The van der Waals surface area contributed by atoms with Gasteiger partial charge in [-0.15, -0.1) is 0 Å². The Bertz CT molecular complexity index is 899. The van der Waals surface area contributed by atoms with Crippen LogP contribution in [-0.4, -0.2) is 35.3 Å². The molecule has 1 aliphatic carbocycles.